The molecule has 3 N–H and O–H groups in total. The van der Waals surface area contributed by atoms with Gasteiger partial charge in [-0.1, -0.05) is 24.3 Å². The second-order valence-corrected chi connectivity index (χ2v) is 6.17. The predicted molar refractivity (Wildman–Crippen MR) is 93.5 cm³/mol. The maximum atomic E-state index is 13.0. The van der Waals surface area contributed by atoms with Crippen LogP contribution in [0.5, 0.6) is 0 Å². The van der Waals surface area contributed by atoms with Crippen LogP contribution in [0.15, 0.2) is 42.5 Å². The van der Waals surface area contributed by atoms with Crippen molar-refractivity contribution < 1.29 is 19.1 Å². The first-order valence-electron chi connectivity index (χ1n) is 7.84. The fourth-order valence-electron chi connectivity index (χ4n) is 2.31. The number of benzene rings is 2. The number of anilines is 1. The quantitative estimate of drug-likeness (QED) is 0.745. The van der Waals surface area contributed by atoms with Crippen LogP contribution in [-0.4, -0.2) is 23.5 Å². The maximum absolute atomic E-state index is 13.0. The lowest BCUT2D eigenvalue weighted by molar-refractivity contribution is -0.136. The van der Waals surface area contributed by atoms with E-state index in [2.05, 4.69) is 10.6 Å². The number of halogens is 1. The number of hydrogen-bond donors (Lipinski definition) is 3. The van der Waals surface area contributed by atoms with E-state index in [4.69, 9.17) is 0 Å². The Morgan fingerprint density at radius 3 is 2.36 bits per heavy atom. The Labute approximate surface area is 145 Å². The summed E-state index contributed by atoms with van der Waals surface area (Å²) in [4.78, 5) is 24.0. The van der Waals surface area contributed by atoms with Gasteiger partial charge < -0.3 is 15.7 Å². The number of amides is 2. The smallest absolute Gasteiger partial charge is 0.313 e. The van der Waals surface area contributed by atoms with E-state index in [0.29, 0.717) is 11.3 Å². The van der Waals surface area contributed by atoms with Crippen molar-refractivity contribution in [2.45, 2.75) is 26.4 Å². The molecule has 6 heteroatoms. The van der Waals surface area contributed by atoms with Crippen molar-refractivity contribution in [3.8, 4) is 0 Å². The third-order valence-corrected chi connectivity index (χ3v) is 4.12. The van der Waals surface area contributed by atoms with Gasteiger partial charge in [-0.05, 0) is 55.7 Å². The van der Waals surface area contributed by atoms with E-state index < -0.39 is 23.2 Å². The molecule has 0 bridgehead atoms. The first-order chi connectivity index (χ1) is 11.7. The molecule has 0 aliphatic heterocycles. The highest BCUT2D eigenvalue weighted by Crippen LogP contribution is 2.20. The molecule has 0 heterocycles. The summed E-state index contributed by atoms with van der Waals surface area (Å²) >= 11 is 0. The first-order valence-corrected chi connectivity index (χ1v) is 7.84. The minimum atomic E-state index is -1.43. The van der Waals surface area contributed by atoms with Gasteiger partial charge >= 0.3 is 11.8 Å². The van der Waals surface area contributed by atoms with Crippen LogP contribution in [0.25, 0.3) is 0 Å². The summed E-state index contributed by atoms with van der Waals surface area (Å²) in [6, 6.07) is 10.7. The largest absolute Gasteiger partial charge is 0.384 e. The fourth-order valence-corrected chi connectivity index (χ4v) is 2.31. The van der Waals surface area contributed by atoms with Gasteiger partial charge in [-0.25, -0.2) is 4.39 Å². The Morgan fingerprint density at radius 1 is 1.08 bits per heavy atom. The van der Waals surface area contributed by atoms with Gasteiger partial charge in [0.1, 0.15) is 11.4 Å². The Hall–Kier alpha value is -2.73. The number of hydrogen-bond acceptors (Lipinski definition) is 3. The van der Waals surface area contributed by atoms with E-state index in [-0.39, 0.29) is 6.54 Å². The second kappa shape index (κ2) is 7.44. The minimum Gasteiger partial charge on any atom is -0.384 e. The molecule has 1 atom stereocenters. The van der Waals surface area contributed by atoms with Gasteiger partial charge in [-0.2, -0.15) is 0 Å². The Bertz CT molecular complexity index is 786. The molecule has 2 rings (SSSR count). The van der Waals surface area contributed by atoms with Crippen LogP contribution < -0.4 is 10.6 Å². The molecule has 2 aromatic carbocycles. The van der Waals surface area contributed by atoms with Gasteiger partial charge in [-0.3, -0.25) is 9.59 Å². The molecule has 25 heavy (non-hydrogen) atoms. The lowest BCUT2D eigenvalue weighted by Gasteiger charge is -2.24. The molecule has 0 fully saturated rings. The van der Waals surface area contributed by atoms with Gasteiger partial charge in [0.15, 0.2) is 0 Å². The third kappa shape index (κ3) is 4.64. The molecular formula is C19H21FN2O3. The molecule has 5 nitrogen and oxygen atoms in total. The van der Waals surface area contributed by atoms with E-state index in [1.54, 1.807) is 12.1 Å². The highest BCUT2D eigenvalue weighted by atomic mass is 19.1. The number of carbonyl (C=O) groups is 2. The zero-order valence-electron chi connectivity index (χ0n) is 14.4. The van der Waals surface area contributed by atoms with E-state index >= 15 is 0 Å². The van der Waals surface area contributed by atoms with Crippen molar-refractivity contribution in [1.29, 1.82) is 0 Å². The molecule has 1 unspecified atom stereocenters. The van der Waals surface area contributed by atoms with Crippen LogP contribution in [0.2, 0.25) is 0 Å². The van der Waals surface area contributed by atoms with Crippen LogP contribution in [0.1, 0.15) is 23.6 Å². The number of rotatable bonds is 4. The van der Waals surface area contributed by atoms with Crippen molar-refractivity contribution in [1.82, 2.24) is 5.32 Å². The summed E-state index contributed by atoms with van der Waals surface area (Å²) in [7, 11) is 0. The summed E-state index contributed by atoms with van der Waals surface area (Å²) in [5.41, 5.74) is 1.44. The van der Waals surface area contributed by atoms with Crippen molar-refractivity contribution in [3.05, 3.63) is 65.0 Å². The lowest BCUT2D eigenvalue weighted by Crippen LogP contribution is -2.43. The topological polar surface area (TPSA) is 78.4 Å². The molecule has 0 aliphatic carbocycles. The standard InChI is InChI=1S/C19H21FN2O3/c1-12-5-4-6-16(13(12)2)22-18(24)17(23)21-11-19(3,25)14-7-9-15(20)10-8-14/h4-10,25H,11H2,1-3H3,(H,21,23)(H,22,24). The van der Waals surface area contributed by atoms with Crippen LogP contribution in [0.4, 0.5) is 10.1 Å². The summed E-state index contributed by atoms with van der Waals surface area (Å²) in [5, 5.41) is 15.4. The molecule has 0 saturated heterocycles. The molecule has 0 aromatic heterocycles. The highest BCUT2D eigenvalue weighted by Gasteiger charge is 2.25. The molecule has 2 aromatic rings. The van der Waals surface area contributed by atoms with Crippen LogP contribution in [0.3, 0.4) is 0 Å². The monoisotopic (exact) mass is 344 g/mol. The summed E-state index contributed by atoms with van der Waals surface area (Å²) < 4.78 is 13.0. The van der Waals surface area contributed by atoms with Crippen molar-refractivity contribution in [2.24, 2.45) is 0 Å². The molecule has 2 amide bonds. The Morgan fingerprint density at radius 2 is 1.72 bits per heavy atom. The average molecular weight is 344 g/mol. The Balaban J connectivity index is 1.98. The van der Waals surface area contributed by atoms with Crippen molar-refractivity contribution >= 4 is 17.5 Å². The molecule has 132 valence electrons. The fraction of sp³-hybridized carbons (Fsp3) is 0.263. The Kier molecular flexibility index (Phi) is 5.54. The third-order valence-electron chi connectivity index (χ3n) is 4.12. The lowest BCUT2D eigenvalue weighted by atomic mass is 9.96. The number of nitrogens with one attached hydrogen (secondary N) is 2. The van der Waals surface area contributed by atoms with E-state index in [1.807, 2.05) is 19.9 Å². The van der Waals surface area contributed by atoms with Crippen LogP contribution >= 0.6 is 0 Å². The number of aliphatic hydroxyl groups is 1. The molecule has 0 radical (unpaired) electrons. The predicted octanol–water partition coefficient (Wildman–Crippen LogP) is 2.40. The first kappa shape index (κ1) is 18.6. The van der Waals surface area contributed by atoms with E-state index in [0.717, 1.165) is 11.1 Å². The zero-order chi connectivity index (χ0) is 18.6. The SMILES string of the molecule is Cc1cccc(NC(=O)C(=O)NCC(C)(O)c2ccc(F)cc2)c1C. The average Bonchev–Trinajstić information content (AvgIpc) is 2.57. The molecule has 0 aliphatic rings. The number of aryl methyl sites for hydroxylation is 1. The normalized spacial score (nSPS) is 13.0. The van der Waals surface area contributed by atoms with Gasteiger partial charge in [0.25, 0.3) is 0 Å². The minimum absolute atomic E-state index is 0.183. The van der Waals surface area contributed by atoms with Gasteiger partial charge in [0.2, 0.25) is 0 Å². The summed E-state index contributed by atoms with van der Waals surface area (Å²) in [6.07, 6.45) is 0. The molecule has 0 saturated carbocycles. The van der Waals surface area contributed by atoms with E-state index in [9.17, 15) is 19.1 Å². The van der Waals surface area contributed by atoms with Crippen LogP contribution in [-0.2, 0) is 15.2 Å². The zero-order valence-corrected chi connectivity index (χ0v) is 14.4. The number of carbonyl (C=O) groups excluding carboxylic acids is 2. The van der Waals surface area contributed by atoms with Crippen molar-refractivity contribution in [2.75, 3.05) is 11.9 Å². The summed E-state index contributed by atoms with van der Waals surface area (Å²) in [5.74, 6) is -2.09. The van der Waals surface area contributed by atoms with Gasteiger partial charge in [0.05, 0.1) is 6.54 Å². The van der Waals surface area contributed by atoms with Gasteiger partial charge in [-0.15, -0.1) is 0 Å². The second-order valence-electron chi connectivity index (χ2n) is 6.17. The van der Waals surface area contributed by atoms with E-state index in [1.165, 1.54) is 31.2 Å². The highest BCUT2D eigenvalue weighted by molar-refractivity contribution is 6.39. The van der Waals surface area contributed by atoms with Crippen molar-refractivity contribution in [3.63, 3.8) is 0 Å². The maximum Gasteiger partial charge on any atom is 0.313 e. The molecule has 0 spiro atoms. The van der Waals surface area contributed by atoms with Crippen LogP contribution in [0, 0.1) is 19.7 Å². The summed E-state index contributed by atoms with van der Waals surface area (Å²) in [6.45, 7) is 5.05. The van der Waals surface area contributed by atoms with Gasteiger partial charge in [0, 0.05) is 5.69 Å². The molecular weight excluding hydrogens is 323 g/mol.